The third-order valence-electron chi connectivity index (χ3n) is 7.47. The summed E-state index contributed by atoms with van der Waals surface area (Å²) in [6.45, 7) is 1.86. The number of nitrogens with one attached hydrogen (secondary N) is 3. The van der Waals surface area contributed by atoms with Gasteiger partial charge in [0, 0.05) is 11.6 Å². The molecule has 1 saturated heterocycles. The van der Waals surface area contributed by atoms with E-state index in [2.05, 4.69) is 38.2 Å². The molecule has 2 amide bonds. The van der Waals surface area contributed by atoms with E-state index in [9.17, 15) is 14.4 Å². The van der Waals surface area contributed by atoms with Gasteiger partial charge >= 0.3 is 6.09 Å². The largest absolute Gasteiger partial charge is 0.453 e. The summed E-state index contributed by atoms with van der Waals surface area (Å²) in [7, 11) is 1.26. The van der Waals surface area contributed by atoms with Crippen LogP contribution in [0.1, 0.15) is 62.8 Å². The molecular weight excluding hydrogens is 498 g/mol. The second-order valence-corrected chi connectivity index (χ2v) is 10.2. The first kappa shape index (κ1) is 26.6. The fraction of sp³-hybridized carbons (Fsp3) is 0.414. The number of ketones is 1. The van der Waals surface area contributed by atoms with Gasteiger partial charge in [0.05, 0.1) is 19.6 Å². The van der Waals surface area contributed by atoms with Gasteiger partial charge < -0.3 is 25.2 Å². The van der Waals surface area contributed by atoms with Crippen LogP contribution in [0.15, 0.2) is 53.1 Å². The van der Waals surface area contributed by atoms with Crippen LogP contribution in [0.25, 0.3) is 0 Å². The van der Waals surface area contributed by atoms with Crippen molar-refractivity contribution in [3.63, 3.8) is 0 Å². The fourth-order valence-electron chi connectivity index (χ4n) is 5.29. The smallest absolute Gasteiger partial charge is 0.407 e. The third kappa shape index (κ3) is 6.69. The molecule has 204 valence electrons. The average molecular weight is 532 g/mol. The molecule has 1 aliphatic heterocycles. The first-order valence-corrected chi connectivity index (χ1v) is 13.4. The van der Waals surface area contributed by atoms with Crippen molar-refractivity contribution in [2.45, 2.75) is 50.6 Å². The van der Waals surface area contributed by atoms with Gasteiger partial charge in [0.2, 0.25) is 17.5 Å². The Morgan fingerprint density at radius 1 is 1.10 bits per heavy atom. The van der Waals surface area contributed by atoms with Crippen LogP contribution in [0.3, 0.4) is 0 Å². The molecule has 3 N–H and O–H groups in total. The van der Waals surface area contributed by atoms with Crippen LogP contribution in [0, 0.1) is 5.92 Å². The summed E-state index contributed by atoms with van der Waals surface area (Å²) in [5.41, 5.74) is 4.01. The van der Waals surface area contributed by atoms with Crippen molar-refractivity contribution in [2.24, 2.45) is 5.92 Å². The Labute approximate surface area is 226 Å². The lowest BCUT2D eigenvalue weighted by atomic mass is 9.97. The van der Waals surface area contributed by atoms with Gasteiger partial charge in [-0.05, 0) is 79.9 Å². The first-order chi connectivity index (χ1) is 19.0. The second kappa shape index (κ2) is 12.2. The van der Waals surface area contributed by atoms with E-state index < -0.39 is 17.9 Å². The first-order valence-electron chi connectivity index (χ1n) is 13.4. The highest BCUT2D eigenvalue weighted by molar-refractivity contribution is 5.98. The van der Waals surface area contributed by atoms with E-state index in [0.29, 0.717) is 24.3 Å². The molecule has 1 aromatic heterocycles. The zero-order valence-electron chi connectivity index (χ0n) is 21.9. The SMILES string of the molecule is COC(=O)N[C@@H](CCC1CCNC1)C(=O)c1noc(Cc2ccc(C(=O)NC3Cc4ccccc4C3)cc2)n1. The third-order valence-corrected chi connectivity index (χ3v) is 7.47. The summed E-state index contributed by atoms with van der Waals surface area (Å²) >= 11 is 0. The summed E-state index contributed by atoms with van der Waals surface area (Å²) in [6.07, 6.45) is 3.59. The quantitative estimate of drug-likeness (QED) is 0.340. The predicted molar refractivity (Wildman–Crippen MR) is 143 cm³/mol. The van der Waals surface area contributed by atoms with Gasteiger partial charge in [0.25, 0.3) is 5.91 Å². The Morgan fingerprint density at radius 3 is 2.51 bits per heavy atom. The Hall–Kier alpha value is -4.05. The van der Waals surface area contributed by atoms with Gasteiger partial charge in [-0.2, -0.15) is 4.98 Å². The monoisotopic (exact) mass is 531 g/mol. The maximum absolute atomic E-state index is 13.1. The molecule has 10 heteroatoms. The minimum atomic E-state index is -0.797. The van der Waals surface area contributed by atoms with E-state index in [4.69, 9.17) is 9.26 Å². The number of methoxy groups -OCH3 is 1. The van der Waals surface area contributed by atoms with Gasteiger partial charge in [-0.1, -0.05) is 41.6 Å². The lowest BCUT2D eigenvalue weighted by Crippen LogP contribution is -2.41. The summed E-state index contributed by atoms with van der Waals surface area (Å²) < 4.78 is 10.0. The van der Waals surface area contributed by atoms with Crippen LogP contribution in [0.5, 0.6) is 0 Å². The van der Waals surface area contributed by atoms with Gasteiger partial charge in [0.15, 0.2) is 0 Å². The number of aromatic nitrogens is 2. The second-order valence-electron chi connectivity index (χ2n) is 10.2. The van der Waals surface area contributed by atoms with Crippen LogP contribution in [-0.4, -0.2) is 60.2 Å². The van der Waals surface area contributed by atoms with Crippen molar-refractivity contribution < 1.29 is 23.6 Å². The van der Waals surface area contributed by atoms with E-state index in [-0.39, 0.29) is 23.7 Å². The number of alkyl carbamates (subject to hydrolysis) is 1. The van der Waals surface area contributed by atoms with Crippen LogP contribution >= 0.6 is 0 Å². The number of amides is 2. The number of rotatable bonds is 10. The van der Waals surface area contributed by atoms with Crippen molar-refractivity contribution >= 4 is 17.8 Å². The van der Waals surface area contributed by atoms with Crippen molar-refractivity contribution in [1.82, 2.24) is 26.1 Å². The van der Waals surface area contributed by atoms with Crippen molar-refractivity contribution in [3.8, 4) is 0 Å². The van der Waals surface area contributed by atoms with E-state index in [1.807, 2.05) is 24.3 Å². The zero-order chi connectivity index (χ0) is 27.2. The molecule has 5 rings (SSSR count). The molecule has 1 unspecified atom stereocenters. The standard InChI is InChI=1S/C29H33N5O5/c1-38-29(37)32-24(11-8-19-12-13-30-17-19)26(35)27-33-25(39-34-27)14-18-6-9-20(10-7-18)28(36)31-23-15-21-4-2-3-5-22(21)16-23/h2-7,9-10,19,23-24,30H,8,11-17H2,1H3,(H,31,36)(H,32,37)/t19?,24-/m0/s1. The number of carbonyl (C=O) groups excluding carboxylic acids is 3. The molecule has 3 aromatic rings. The van der Waals surface area contributed by atoms with Gasteiger partial charge in [-0.3, -0.25) is 9.59 Å². The number of hydrogen-bond acceptors (Lipinski definition) is 8. The molecule has 2 aromatic carbocycles. The number of hydrogen-bond donors (Lipinski definition) is 3. The zero-order valence-corrected chi connectivity index (χ0v) is 21.9. The summed E-state index contributed by atoms with van der Waals surface area (Å²) in [6, 6.07) is 14.8. The Morgan fingerprint density at radius 2 is 1.85 bits per heavy atom. The van der Waals surface area contributed by atoms with Crippen LogP contribution in [0.2, 0.25) is 0 Å². The number of ether oxygens (including phenoxy) is 1. The van der Waals surface area contributed by atoms with Crippen molar-refractivity contribution in [1.29, 1.82) is 0 Å². The Balaban J connectivity index is 1.16. The lowest BCUT2D eigenvalue weighted by molar-refractivity contribution is 0.0907. The highest BCUT2D eigenvalue weighted by Gasteiger charge is 2.28. The summed E-state index contributed by atoms with van der Waals surface area (Å²) in [5, 5.41) is 12.9. The molecule has 1 fully saturated rings. The minimum absolute atomic E-state index is 0.0792. The number of carbonyl (C=O) groups is 3. The van der Waals surface area contributed by atoms with Crippen molar-refractivity contribution in [3.05, 3.63) is 82.5 Å². The maximum Gasteiger partial charge on any atom is 0.407 e. The van der Waals surface area contributed by atoms with Gasteiger partial charge in [-0.15, -0.1) is 0 Å². The average Bonchev–Trinajstić information content (AvgIpc) is 3.72. The molecule has 0 saturated carbocycles. The molecule has 0 radical (unpaired) electrons. The molecule has 0 bridgehead atoms. The van der Waals surface area contributed by atoms with Gasteiger partial charge in [0.1, 0.15) is 0 Å². The highest BCUT2D eigenvalue weighted by atomic mass is 16.5. The molecule has 2 atom stereocenters. The molecule has 10 nitrogen and oxygen atoms in total. The Bertz CT molecular complexity index is 1290. The molecule has 2 aliphatic rings. The van der Waals surface area contributed by atoms with Crippen LogP contribution < -0.4 is 16.0 Å². The summed E-state index contributed by atoms with van der Waals surface area (Å²) in [5.74, 6) is 0.130. The van der Waals surface area contributed by atoms with Crippen LogP contribution in [0.4, 0.5) is 4.79 Å². The van der Waals surface area contributed by atoms with E-state index in [0.717, 1.165) is 44.3 Å². The van der Waals surface area contributed by atoms with Crippen LogP contribution in [-0.2, 0) is 24.0 Å². The van der Waals surface area contributed by atoms with E-state index >= 15 is 0 Å². The molecule has 39 heavy (non-hydrogen) atoms. The minimum Gasteiger partial charge on any atom is -0.453 e. The topological polar surface area (TPSA) is 135 Å². The predicted octanol–water partition coefficient (Wildman–Crippen LogP) is 2.85. The Kier molecular flexibility index (Phi) is 8.31. The lowest BCUT2D eigenvalue weighted by Gasteiger charge is -2.17. The maximum atomic E-state index is 13.1. The molecular formula is C29H33N5O5. The van der Waals surface area contributed by atoms with Crippen molar-refractivity contribution in [2.75, 3.05) is 20.2 Å². The fourth-order valence-corrected chi connectivity index (χ4v) is 5.29. The number of fused-ring (bicyclic) bond motifs is 1. The van der Waals surface area contributed by atoms with E-state index in [1.54, 1.807) is 12.1 Å². The molecule has 2 heterocycles. The number of nitrogens with zero attached hydrogens (tertiary/aromatic N) is 2. The highest BCUT2D eigenvalue weighted by Crippen LogP contribution is 2.22. The molecule has 0 spiro atoms. The normalized spacial score (nSPS) is 17.4. The number of Topliss-reactive ketones (excluding diaryl/α,β-unsaturated/α-hetero) is 1. The number of benzene rings is 2. The van der Waals surface area contributed by atoms with E-state index in [1.165, 1.54) is 18.2 Å². The summed E-state index contributed by atoms with van der Waals surface area (Å²) in [4.78, 5) is 42.0. The molecule has 1 aliphatic carbocycles. The van der Waals surface area contributed by atoms with Gasteiger partial charge in [-0.25, -0.2) is 4.79 Å².